The highest BCUT2D eigenvalue weighted by Crippen LogP contribution is 2.22. The number of nitrogens with one attached hydrogen (secondary N) is 1. The lowest BCUT2D eigenvalue weighted by Gasteiger charge is -2.31. The minimum absolute atomic E-state index is 0.0320. The van der Waals surface area contributed by atoms with Crippen molar-refractivity contribution < 1.29 is 9.59 Å². The van der Waals surface area contributed by atoms with E-state index < -0.39 is 0 Å². The van der Waals surface area contributed by atoms with Crippen molar-refractivity contribution in [3.8, 4) is 0 Å². The molecule has 0 bridgehead atoms. The van der Waals surface area contributed by atoms with Crippen molar-refractivity contribution in [2.45, 2.75) is 19.8 Å². The predicted octanol–water partition coefficient (Wildman–Crippen LogP) is 4.46. The lowest BCUT2D eigenvalue weighted by molar-refractivity contribution is 0.0682. The fourth-order valence-corrected chi connectivity index (χ4v) is 3.26. The molecule has 1 saturated heterocycles. The number of amides is 2. The van der Waals surface area contributed by atoms with E-state index in [2.05, 4.69) is 12.2 Å². The maximum absolute atomic E-state index is 12.6. The topological polar surface area (TPSA) is 49.4 Å². The molecule has 4 nitrogen and oxygen atoms in total. The zero-order valence-electron chi connectivity index (χ0n) is 14.2. The predicted molar refractivity (Wildman–Crippen MR) is 100 cm³/mol. The smallest absolute Gasteiger partial charge is 0.255 e. The van der Waals surface area contributed by atoms with Crippen LogP contribution < -0.4 is 5.32 Å². The number of likely N-dealkylation sites (tertiary alicyclic amines) is 1. The molecule has 3 rings (SSSR count). The Morgan fingerprint density at radius 1 is 1.08 bits per heavy atom. The van der Waals surface area contributed by atoms with Gasteiger partial charge in [0.2, 0.25) is 0 Å². The van der Waals surface area contributed by atoms with Crippen molar-refractivity contribution in [2.75, 3.05) is 18.4 Å². The van der Waals surface area contributed by atoms with Crippen LogP contribution in [0.3, 0.4) is 0 Å². The lowest BCUT2D eigenvalue weighted by Crippen LogP contribution is -2.39. The van der Waals surface area contributed by atoms with Crippen LogP contribution in [0.5, 0.6) is 0 Å². The molecule has 0 aromatic heterocycles. The van der Waals surface area contributed by atoms with Gasteiger partial charge in [0.15, 0.2) is 0 Å². The summed E-state index contributed by atoms with van der Waals surface area (Å²) in [5.74, 6) is 0.321. The molecule has 1 fully saturated rings. The van der Waals surface area contributed by atoms with Crippen LogP contribution in [0.1, 0.15) is 40.5 Å². The Morgan fingerprint density at radius 3 is 2.44 bits per heavy atom. The molecule has 1 heterocycles. The van der Waals surface area contributed by atoms with Crippen molar-refractivity contribution in [2.24, 2.45) is 5.92 Å². The van der Waals surface area contributed by atoms with Crippen LogP contribution in [0.25, 0.3) is 0 Å². The summed E-state index contributed by atoms with van der Waals surface area (Å²) in [7, 11) is 0. The summed E-state index contributed by atoms with van der Waals surface area (Å²) in [5, 5.41) is 3.27. The summed E-state index contributed by atoms with van der Waals surface area (Å²) in [5.41, 5.74) is 1.67. The maximum Gasteiger partial charge on any atom is 0.255 e. The molecule has 2 aromatic rings. The molecule has 2 amide bonds. The fraction of sp³-hybridized carbons (Fsp3) is 0.300. The second-order valence-corrected chi connectivity index (χ2v) is 6.92. The van der Waals surface area contributed by atoms with E-state index in [0.29, 0.717) is 27.8 Å². The Bertz CT molecular complexity index is 774. The van der Waals surface area contributed by atoms with Crippen LogP contribution in [-0.2, 0) is 0 Å². The van der Waals surface area contributed by atoms with Crippen LogP contribution >= 0.6 is 11.6 Å². The summed E-state index contributed by atoms with van der Waals surface area (Å²) in [6.07, 6.45) is 2.22. The molecule has 0 spiro atoms. The summed E-state index contributed by atoms with van der Waals surface area (Å²) in [6.45, 7) is 3.77. The SMILES string of the molecule is CC1CCCN(C(=O)c2ccc(C(=O)Nc3ccccc3Cl)cc2)C1. The summed E-state index contributed by atoms with van der Waals surface area (Å²) >= 11 is 6.06. The van der Waals surface area contributed by atoms with E-state index in [0.717, 1.165) is 19.5 Å². The largest absolute Gasteiger partial charge is 0.338 e. The first-order valence-electron chi connectivity index (χ1n) is 8.50. The molecule has 5 heteroatoms. The van der Waals surface area contributed by atoms with Crippen molar-refractivity contribution >= 4 is 29.1 Å². The number of carbonyl (C=O) groups is 2. The van der Waals surface area contributed by atoms with Gasteiger partial charge in [-0.1, -0.05) is 30.7 Å². The van der Waals surface area contributed by atoms with Crippen molar-refractivity contribution in [1.82, 2.24) is 4.90 Å². The number of rotatable bonds is 3. The molecule has 1 aliphatic rings. The van der Waals surface area contributed by atoms with Gasteiger partial charge in [-0.3, -0.25) is 9.59 Å². The van der Waals surface area contributed by atoms with Crippen molar-refractivity contribution in [3.63, 3.8) is 0 Å². The Hall–Kier alpha value is -2.33. The highest BCUT2D eigenvalue weighted by molar-refractivity contribution is 6.33. The van der Waals surface area contributed by atoms with Crippen LogP contribution in [0, 0.1) is 5.92 Å². The van der Waals surface area contributed by atoms with Gasteiger partial charge in [0.1, 0.15) is 0 Å². The first-order chi connectivity index (χ1) is 12.0. The lowest BCUT2D eigenvalue weighted by atomic mass is 9.99. The minimum Gasteiger partial charge on any atom is -0.338 e. The van der Waals surface area contributed by atoms with Gasteiger partial charge in [-0.15, -0.1) is 0 Å². The van der Waals surface area contributed by atoms with Gasteiger partial charge in [0.25, 0.3) is 11.8 Å². The average molecular weight is 357 g/mol. The normalized spacial score (nSPS) is 17.2. The first-order valence-corrected chi connectivity index (χ1v) is 8.87. The third-order valence-corrected chi connectivity index (χ3v) is 4.79. The Labute approximate surface area is 152 Å². The Kier molecular flexibility index (Phi) is 5.39. The van der Waals surface area contributed by atoms with Gasteiger partial charge in [-0.2, -0.15) is 0 Å². The number of hydrogen-bond acceptors (Lipinski definition) is 2. The number of halogens is 1. The van der Waals surface area contributed by atoms with Crippen LogP contribution in [-0.4, -0.2) is 29.8 Å². The number of carbonyl (C=O) groups excluding carboxylic acids is 2. The number of anilines is 1. The van der Waals surface area contributed by atoms with E-state index >= 15 is 0 Å². The number of para-hydroxylation sites is 1. The second kappa shape index (κ2) is 7.70. The molecule has 1 N–H and O–H groups in total. The molecular weight excluding hydrogens is 336 g/mol. The van der Waals surface area contributed by atoms with Crippen molar-refractivity contribution in [1.29, 1.82) is 0 Å². The standard InChI is InChI=1S/C20H21ClN2O2/c1-14-5-4-12-23(13-14)20(25)16-10-8-15(9-11-16)19(24)22-18-7-3-2-6-17(18)21/h2-3,6-11,14H,4-5,12-13H2,1H3,(H,22,24). The third-order valence-electron chi connectivity index (χ3n) is 4.46. The highest BCUT2D eigenvalue weighted by atomic mass is 35.5. The fourth-order valence-electron chi connectivity index (χ4n) is 3.08. The molecule has 1 atom stereocenters. The molecule has 2 aromatic carbocycles. The molecule has 1 aliphatic heterocycles. The van der Waals surface area contributed by atoms with E-state index in [1.54, 1.807) is 42.5 Å². The third kappa shape index (κ3) is 4.20. The Morgan fingerprint density at radius 2 is 1.76 bits per heavy atom. The summed E-state index contributed by atoms with van der Waals surface area (Å²) < 4.78 is 0. The molecule has 0 saturated carbocycles. The van der Waals surface area contributed by atoms with E-state index in [-0.39, 0.29) is 11.8 Å². The van der Waals surface area contributed by atoms with Gasteiger partial charge in [-0.05, 0) is 55.2 Å². The monoisotopic (exact) mass is 356 g/mol. The van der Waals surface area contributed by atoms with E-state index in [1.807, 2.05) is 11.0 Å². The van der Waals surface area contributed by atoms with Gasteiger partial charge in [-0.25, -0.2) is 0 Å². The summed E-state index contributed by atoms with van der Waals surface area (Å²) in [6, 6.07) is 13.8. The molecule has 0 radical (unpaired) electrons. The van der Waals surface area contributed by atoms with E-state index in [1.165, 1.54) is 6.42 Å². The average Bonchev–Trinajstić information content (AvgIpc) is 2.63. The highest BCUT2D eigenvalue weighted by Gasteiger charge is 2.22. The van der Waals surface area contributed by atoms with Gasteiger partial charge < -0.3 is 10.2 Å². The Balaban J connectivity index is 1.68. The van der Waals surface area contributed by atoms with E-state index in [4.69, 9.17) is 11.6 Å². The molecule has 25 heavy (non-hydrogen) atoms. The van der Waals surface area contributed by atoms with Crippen LogP contribution in [0.4, 0.5) is 5.69 Å². The number of piperidine rings is 1. The van der Waals surface area contributed by atoms with E-state index in [9.17, 15) is 9.59 Å². The molecule has 130 valence electrons. The molecular formula is C20H21ClN2O2. The number of hydrogen-bond donors (Lipinski definition) is 1. The maximum atomic E-state index is 12.6. The second-order valence-electron chi connectivity index (χ2n) is 6.51. The minimum atomic E-state index is -0.251. The van der Waals surface area contributed by atoms with Crippen LogP contribution in [0.15, 0.2) is 48.5 Å². The van der Waals surface area contributed by atoms with Crippen LogP contribution in [0.2, 0.25) is 5.02 Å². The summed E-state index contributed by atoms with van der Waals surface area (Å²) in [4.78, 5) is 26.8. The number of nitrogens with zero attached hydrogens (tertiary/aromatic N) is 1. The quantitative estimate of drug-likeness (QED) is 0.882. The number of benzene rings is 2. The van der Waals surface area contributed by atoms with Gasteiger partial charge >= 0.3 is 0 Å². The van der Waals surface area contributed by atoms with Crippen molar-refractivity contribution in [3.05, 3.63) is 64.7 Å². The van der Waals surface area contributed by atoms with Gasteiger partial charge in [0, 0.05) is 24.2 Å². The zero-order chi connectivity index (χ0) is 17.8. The molecule has 1 unspecified atom stereocenters. The zero-order valence-corrected chi connectivity index (χ0v) is 14.9. The molecule has 0 aliphatic carbocycles. The first kappa shape index (κ1) is 17.5. The van der Waals surface area contributed by atoms with Gasteiger partial charge in [0.05, 0.1) is 10.7 Å².